The van der Waals surface area contributed by atoms with Crippen molar-refractivity contribution < 1.29 is 4.92 Å². The van der Waals surface area contributed by atoms with Crippen LogP contribution in [0.3, 0.4) is 0 Å². The maximum Gasteiger partial charge on any atom is 0.313 e. The van der Waals surface area contributed by atoms with Crippen LogP contribution >= 0.6 is 0 Å². The van der Waals surface area contributed by atoms with E-state index in [9.17, 15) is 10.1 Å². The summed E-state index contributed by atoms with van der Waals surface area (Å²) in [6.07, 6.45) is 0.929. The van der Waals surface area contributed by atoms with E-state index >= 15 is 0 Å². The SMILES string of the molecule is Cc1cc(NCCCN2CCN(C(c3ccccc3)c3ccccc3)CC2)c([N+](=O)[O-])c(C)n1. The van der Waals surface area contributed by atoms with Gasteiger partial charge in [0.2, 0.25) is 0 Å². The summed E-state index contributed by atoms with van der Waals surface area (Å²) < 4.78 is 0. The summed E-state index contributed by atoms with van der Waals surface area (Å²) in [5.41, 5.74) is 4.54. The summed E-state index contributed by atoms with van der Waals surface area (Å²) in [6, 6.07) is 23.5. The molecular formula is C27H33N5O2. The zero-order chi connectivity index (χ0) is 23.9. The highest BCUT2D eigenvalue weighted by Gasteiger charge is 2.26. The van der Waals surface area contributed by atoms with Crippen LogP contribution in [0.15, 0.2) is 66.7 Å². The van der Waals surface area contributed by atoms with Gasteiger partial charge in [-0.25, -0.2) is 0 Å². The van der Waals surface area contributed by atoms with E-state index < -0.39 is 0 Å². The van der Waals surface area contributed by atoms with Crippen molar-refractivity contribution >= 4 is 11.4 Å². The minimum atomic E-state index is -0.348. The van der Waals surface area contributed by atoms with Gasteiger partial charge >= 0.3 is 5.69 Å². The summed E-state index contributed by atoms with van der Waals surface area (Å²) in [5, 5.41) is 14.7. The lowest BCUT2D eigenvalue weighted by Crippen LogP contribution is -2.48. The van der Waals surface area contributed by atoms with Crippen LogP contribution < -0.4 is 5.32 Å². The molecule has 2 heterocycles. The minimum Gasteiger partial charge on any atom is -0.379 e. The monoisotopic (exact) mass is 459 g/mol. The van der Waals surface area contributed by atoms with Crippen molar-refractivity contribution in [3.63, 3.8) is 0 Å². The molecule has 0 amide bonds. The van der Waals surface area contributed by atoms with Crippen molar-refractivity contribution in [3.05, 3.63) is 99.4 Å². The first-order valence-electron chi connectivity index (χ1n) is 12.0. The van der Waals surface area contributed by atoms with Crippen LogP contribution in [0.5, 0.6) is 0 Å². The Labute approximate surface area is 201 Å². The molecule has 178 valence electrons. The maximum absolute atomic E-state index is 11.4. The normalized spacial score (nSPS) is 14.9. The Kier molecular flexibility index (Phi) is 7.87. The molecule has 1 aliphatic heterocycles. The van der Waals surface area contributed by atoms with Crippen LogP contribution in [0.1, 0.15) is 35.0 Å². The number of rotatable bonds is 9. The standard InChI is InChI=1S/C27H33N5O2/c1-21-20-25(26(32(33)34)22(2)29-21)28-14-9-15-30-16-18-31(19-17-30)27(23-10-5-3-6-11-23)24-12-7-4-8-13-24/h3-8,10-13,20,27H,9,14-19H2,1-2H3,(H,28,29). The van der Waals surface area contributed by atoms with Crippen molar-refractivity contribution in [1.82, 2.24) is 14.8 Å². The highest BCUT2D eigenvalue weighted by molar-refractivity contribution is 5.64. The number of pyridine rings is 1. The molecule has 7 heteroatoms. The van der Waals surface area contributed by atoms with Crippen LogP contribution in [0, 0.1) is 24.0 Å². The Hall–Kier alpha value is -3.29. The van der Waals surface area contributed by atoms with Gasteiger partial charge in [-0.1, -0.05) is 60.7 Å². The summed E-state index contributed by atoms with van der Waals surface area (Å²) >= 11 is 0. The van der Waals surface area contributed by atoms with Crippen molar-refractivity contribution in [2.45, 2.75) is 26.3 Å². The molecule has 1 aliphatic rings. The molecule has 2 aromatic carbocycles. The Morgan fingerprint density at radius 2 is 1.56 bits per heavy atom. The fourth-order valence-electron chi connectivity index (χ4n) is 4.84. The fraction of sp³-hybridized carbons (Fsp3) is 0.370. The maximum atomic E-state index is 11.4. The number of anilines is 1. The molecule has 3 aromatic rings. The Morgan fingerprint density at radius 1 is 0.971 bits per heavy atom. The summed E-state index contributed by atoms with van der Waals surface area (Å²) in [4.78, 5) is 20.4. The molecular weight excluding hydrogens is 426 g/mol. The Balaban J connectivity index is 1.31. The van der Waals surface area contributed by atoms with Crippen molar-refractivity contribution in [2.75, 3.05) is 44.6 Å². The van der Waals surface area contributed by atoms with Crippen molar-refractivity contribution in [2.24, 2.45) is 0 Å². The van der Waals surface area contributed by atoms with Gasteiger partial charge in [-0.05, 0) is 44.0 Å². The lowest BCUT2D eigenvalue weighted by Gasteiger charge is -2.39. The van der Waals surface area contributed by atoms with E-state index in [1.807, 2.05) is 6.92 Å². The topological polar surface area (TPSA) is 74.5 Å². The third-order valence-corrected chi connectivity index (χ3v) is 6.45. The second-order valence-corrected chi connectivity index (χ2v) is 8.88. The Morgan fingerprint density at radius 3 is 2.12 bits per heavy atom. The number of benzene rings is 2. The van der Waals surface area contributed by atoms with Gasteiger partial charge in [0.05, 0.1) is 11.0 Å². The predicted molar refractivity (Wildman–Crippen MR) is 136 cm³/mol. The van der Waals surface area contributed by atoms with Crippen molar-refractivity contribution in [1.29, 1.82) is 0 Å². The smallest absolute Gasteiger partial charge is 0.313 e. The first-order valence-corrected chi connectivity index (χ1v) is 12.0. The molecule has 1 fully saturated rings. The number of aryl methyl sites for hydroxylation is 2. The van der Waals surface area contributed by atoms with Gasteiger partial charge in [-0.2, -0.15) is 0 Å². The van der Waals surface area contributed by atoms with Gasteiger partial charge in [0.25, 0.3) is 0 Å². The lowest BCUT2D eigenvalue weighted by atomic mass is 9.96. The van der Waals surface area contributed by atoms with Crippen LogP contribution in [0.4, 0.5) is 11.4 Å². The first-order chi connectivity index (χ1) is 16.5. The number of aromatic nitrogens is 1. The van der Waals surface area contributed by atoms with Gasteiger partial charge in [0, 0.05) is 38.4 Å². The molecule has 1 aromatic heterocycles. The molecule has 0 unspecified atom stereocenters. The number of nitro groups is 1. The van der Waals surface area contributed by atoms with Gasteiger partial charge in [0.1, 0.15) is 11.4 Å². The molecule has 1 N–H and O–H groups in total. The van der Waals surface area contributed by atoms with E-state index in [-0.39, 0.29) is 16.7 Å². The molecule has 0 spiro atoms. The van der Waals surface area contributed by atoms with Gasteiger partial charge in [-0.15, -0.1) is 0 Å². The summed E-state index contributed by atoms with van der Waals surface area (Å²) in [5.74, 6) is 0. The highest BCUT2D eigenvalue weighted by Crippen LogP contribution is 2.30. The highest BCUT2D eigenvalue weighted by atomic mass is 16.6. The third-order valence-electron chi connectivity index (χ3n) is 6.45. The van der Waals surface area contributed by atoms with Crippen LogP contribution in [-0.4, -0.2) is 59.0 Å². The van der Waals surface area contributed by atoms with E-state index in [4.69, 9.17) is 0 Å². The van der Waals surface area contributed by atoms with Gasteiger partial charge < -0.3 is 10.2 Å². The van der Waals surface area contributed by atoms with E-state index in [2.05, 4.69) is 80.8 Å². The van der Waals surface area contributed by atoms with E-state index in [0.717, 1.165) is 44.8 Å². The molecule has 7 nitrogen and oxygen atoms in total. The zero-order valence-electron chi connectivity index (χ0n) is 20.0. The van der Waals surface area contributed by atoms with Crippen LogP contribution in [0.2, 0.25) is 0 Å². The second kappa shape index (κ2) is 11.2. The zero-order valence-corrected chi connectivity index (χ0v) is 20.0. The van der Waals surface area contributed by atoms with E-state index in [1.54, 1.807) is 13.0 Å². The molecule has 0 radical (unpaired) electrons. The van der Waals surface area contributed by atoms with Crippen LogP contribution in [0.25, 0.3) is 0 Å². The van der Waals surface area contributed by atoms with Crippen LogP contribution in [-0.2, 0) is 0 Å². The molecule has 0 bridgehead atoms. The van der Waals surface area contributed by atoms with E-state index in [0.29, 0.717) is 17.9 Å². The summed E-state index contributed by atoms with van der Waals surface area (Å²) in [7, 11) is 0. The molecule has 0 aliphatic carbocycles. The minimum absolute atomic E-state index is 0.0760. The number of nitrogens with one attached hydrogen (secondary N) is 1. The quantitative estimate of drug-likeness (QED) is 0.281. The number of hydrogen-bond donors (Lipinski definition) is 1. The number of nitrogens with zero attached hydrogens (tertiary/aromatic N) is 4. The molecule has 0 saturated carbocycles. The summed E-state index contributed by atoms with van der Waals surface area (Å²) in [6.45, 7) is 9.27. The van der Waals surface area contributed by atoms with Crippen molar-refractivity contribution in [3.8, 4) is 0 Å². The third kappa shape index (κ3) is 5.79. The number of hydrogen-bond acceptors (Lipinski definition) is 6. The average molecular weight is 460 g/mol. The number of piperazine rings is 1. The average Bonchev–Trinajstić information content (AvgIpc) is 2.83. The fourth-order valence-corrected chi connectivity index (χ4v) is 4.84. The van der Waals surface area contributed by atoms with Gasteiger partial charge in [-0.3, -0.25) is 20.0 Å². The molecule has 1 saturated heterocycles. The van der Waals surface area contributed by atoms with E-state index in [1.165, 1.54) is 11.1 Å². The Bertz CT molecular complexity index is 1040. The predicted octanol–water partition coefficient (Wildman–Crippen LogP) is 4.82. The first kappa shape index (κ1) is 23.9. The largest absolute Gasteiger partial charge is 0.379 e. The molecule has 4 rings (SSSR count). The second-order valence-electron chi connectivity index (χ2n) is 8.88. The molecule has 0 atom stereocenters. The molecule has 34 heavy (non-hydrogen) atoms. The lowest BCUT2D eigenvalue weighted by molar-refractivity contribution is -0.384. The van der Waals surface area contributed by atoms with Gasteiger partial charge in [0.15, 0.2) is 0 Å².